The third-order valence-electron chi connectivity index (χ3n) is 2.36. The third-order valence-corrected chi connectivity index (χ3v) is 2.36. The molecular weight excluding hydrogens is 182 g/mol. The van der Waals surface area contributed by atoms with Gasteiger partial charge in [-0.25, -0.2) is 0 Å². The van der Waals surface area contributed by atoms with Crippen LogP contribution in [0.25, 0.3) is 0 Å². The topological polar surface area (TPSA) is 12.0 Å². The molecule has 0 radical (unpaired) electrons. The molecule has 0 saturated heterocycles. The van der Waals surface area contributed by atoms with Crippen molar-refractivity contribution in [3.05, 3.63) is 48.2 Å². The largest absolute Gasteiger partial charge is 0.390 e. The van der Waals surface area contributed by atoms with Crippen molar-refractivity contribution in [3.63, 3.8) is 0 Å². The van der Waals surface area contributed by atoms with Crippen LogP contribution < -0.4 is 5.32 Å². The highest BCUT2D eigenvalue weighted by Crippen LogP contribution is 2.07. The minimum atomic E-state index is 0.588. The first-order chi connectivity index (χ1) is 7.07. The molecule has 0 saturated carbocycles. The van der Waals surface area contributed by atoms with E-state index in [1.54, 1.807) is 0 Å². The average Bonchev–Trinajstić information content (AvgIpc) is 2.21. The van der Waals surface area contributed by atoms with Gasteiger partial charge in [0.05, 0.1) is 0 Å². The minimum Gasteiger partial charge on any atom is -0.390 e. The first-order valence-corrected chi connectivity index (χ1v) is 5.42. The van der Waals surface area contributed by atoms with Crippen molar-refractivity contribution in [1.29, 1.82) is 0 Å². The SMILES string of the molecule is C=C(C)/C=C\C=C/NCC(C)/C(C)=C/C. The maximum absolute atomic E-state index is 3.79. The summed E-state index contributed by atoms with van der Waals surface area (Å²) in [5, 5.41) is 3.27. The molecule has 0 heterocycles. The molecule has 0 fully saturated rings. The summed E-state index contributed by atoms with van der Waals surface area (Å²) >= 11 is 0. The lowest BCUT2D eigenvalue weighted by atomic mass is 10.0. The highest BCUT2D eigenvalue weighted by molar-refractivity contribution is 5.16. The second-order valence-corrected chi connectivity index (χ2v) is 3.91. The van der Waals surface area contributed by atoms with Crippen molar-refractivity contribution in [2.24, 2.45) is 5.92 Å². The molecule has 15 heavy (non-hydrogen) atoms. The summed E-state index contributed by atoms with van der Waals surface area (Å²) in [5.41, 5.74) is 2.49. The van der Waals surface area contributed by atoms with Crippen molar-refractivity contribution in [2.45, 2.75) is 27.7 Å². The number of hydrogen-bond donors (Lipinski definition) is 1. The van der Waals surface area contributed by atoms with Crippen LogP contribution in [-0.4, -0.2) is 6.54 Å². The molecule has 0 aliphatic carbocycles. The summed E-state index contributed by atoms with van der Waals surface area (Å²) in [7, 11) is 0. The molecule has 1 unspecified atom stereocenters. The van der Waals surface area contributed by atoms with Gasteiger partial charge < -0.3 is 5.32 Å². The van der Waals surface area contributed by atoms with Crippen molar-refractivity contribution < 1.29 is 0 Å². The van der Waals surface area contributed by atoms with Gasteiger partial charge in [-0.3, -0.25) is 0 Å². The number of allylic oxidation sites excluding steroid dienone is 5. The van der Waals surface area contributed by atoms with E-state index in [9.17, 15) is 0 Å². The fraction of sp³-hybridized carbons (Fsp3) is 0.429. The Bertz CT molecular complexity index is 269. The second-order valence-electron chi connectivity index (χ2n) is 3.91. The van der Waals surface area contributed by atoms with Crippen LogP contribution in [0, 0.1) is 5.92 Å². The first-order valence-electron chi connectivity index (χ1n) is 5.42. The Kier molecular flexibility index (Phi) is 7.43. The lowest BCUT2D eigenvalue weighted by Gasteiger charge is -2.11. The van der Waals surface area contributed by atoms with Crippen LogP contribution in [0.2, 0.25) is 0 Å². The molecule has 0 aromatic rings. The lowest BCUT2D eigenvalue weighted by molar-refractivity contribution is 0.636. The molecule has 0 amide bonds. The van der Waals surface area contributed by atoms with Gasteiger partial charge >= 0.3 is 0 Å². The third kappa shape index (κ3) is 7.80. The van der Waals surface area contributed by atoms with Crippen LogP contribution in [-0.2, 0) is 0 Å². The van der Waals surface area contributed by atoms with Crippen LogP contribution in [0.3, 0.4) is 0 Å². The van der Waals surface area contributed by atoms with Gasteiger partial charge in [0.15, 0.2) is 0 Å². The van der Waals surface area contributed by atoms with Gasteiger partial charge in [-0.15, -0.1) is 0 Å². The maximum Gasteiger partial charge on any atom is 0.0204 e. The van der Waals surface area contributed by atoms with E-state index < -0.39 is 0 Å². The van der Waals surface area contributed by atoms with E-state index >= 15 is 0 Å². The fourth-order valence-corrected chi connectivity index (χ4v) is 1.03. The summed E-state index contributed by atoms with van der Waals surface area (Å²) in [6.07, 6.45) is 10.1. The average molecular weight is 205 g/mol. The van der Waals surface area contributed by atoms with E-state index in [1.807, 2.05) is 31.4 Å². The molecule has 0 aromatic heterocycles. The van der Waals surface area contributed by atoms with Crippen molar-refractivity contribution in [1.82, 2.24) is 5.32 Å². The van der Waals surface area contributed by atoms with Gasteiger partial charge in [0, 0.05) is 6.54 Å². The van der Waals surface area contributed by atoms with E-state index in [0.29, 0.717) is 5.92 Å². The van der Waals surface area contributed by atoms with Crippen LogP contribution >= 0.6 is 0 Å². The fourth-order valence-electron chi connectivity index (χ4n) is 1.03. The molecule has 1 nitrogen and oxygen atoms in total. The van der Waals surface area contributed by atoms with Crippen LogP contribution in [0.1, 0.15) is 27.7 Å². The summed E-state index contributed by atoms with van der Waals surface area (Å²) in [4.78, 5) is 0. The van der Waals surface area contributed by atoms with Crippen LogP contribution in [0.15, 0.2) is 48.2 Å². The standard InChI is InChI=1S/C14H23N/c1-6-13(4)14(5)11-15-10-8-7-9-12(2)3/h6-10,14-15H,2,11H2,1,3-5H3/b9-7-,10-8-,13-6+. The number of rotatable bonds is 6. The Labute approximate surface area is 94.3 Å². The Balaban J connectivity index is 3.75. The summed E-state index contributed by atoms with van der Waals surface area (Å²) in [5.74, 6) is 0.588. The Morgan fingerprint density at radius 3 is 2.53 bits per heavy atom. The maximum atomic E-state index is 3.79. The predicted octanol–water partition coefficient (Wildman–Crippen LogP) is 3.82. The lowest BCUT2D eigenvalue weighted by Crippen LogP contribution is -2.16. The summed E-state index contributed by atoms with van der Waals surface area (Å²) < 4.78 is 0. The Morgan fingerprint density at radius 2 is 2.00 bits per heavy atom. The molecule has 1 atom stereocenters. The molecule has 0 aliphatic heterocycles. The van der Waals surface area contributed by atoms with E-state index in [2.05, 4.69) is 38.7 Å². The number of hydrogen-bond acceptors (Lipinski definition) is 1. The van der Waals surface area contributed by atoms with Gasteiger partial charge in [-0.2, -0.15) is 0 Å². The Hall–Kier alpha value is -1.24. The summed E-state index contributed by atoms with van der Waals surface area (Å²) in [6.45, 7) is 13.2. The van der Waals surface area contributed by atoms with E-state index in [1.165, 1.54) is 5.57 Å². The molecule has 84 valence electrons. The zero-order valence-electron chi connectivity index (χ0n) is 10.4. The smallest absolute Gasteiger partial charge is 0.0204 e. The molecule has 0 aliphatic rings. The number of nitrogens with one attached hydrogen (secondary N) is 1. The van der Waals surface area contributed by atoms with Crippen LogP contribution in [0.5, 0.6) is 0 Å². The molecule has 0 rings (SSSR count). The molecule has 1 N–H and O–H groups in total. The van der Waals surface area contributed by atoms with E-state index in [-0.39, 0.29) is 0 Å². The zero-order chi connectivity index (χ0) is 11.7. The Morgan fingerprint density at radius 1 is 1.33 bits per heavy atom. The van der Waals surface area contributed by atoms with Gasteiger partial charge in [-0.1, -0.05) is 42.9 Å². The first kappa shape index (κ1) is 13.8. The van der Waals surface area contributed by atoms with Crippen molar-refractivity contribution in [2.75, 3.05) is 6.54 Å². The monoisotopic (exact) mass is 205 g/mol. The zero-order valence-corrected chi connectivity index (χ0v) is 10.4. The van der Waals surface area contributed by atoms with E-state index in [0.717, 1.165) is 12.1 Å². The van der Waals surface area contributed by atoms with Crippen molar-refractivity contribution in [3.8, 4) is 0 Å². The molecule has 0 bridgehead atoms. The second kappa shape index (κ2) is 8.10. The molecular formula is C14H23N. The highest BCUT2D eigenvalue weighted by Gasteiger charge is 2.00. The van der Waals surface area contributed by atoms with Gasteiger partial charge in [0.1, 0.15) is 0 Å². The molecule has 0 spiro atoms. The summed E-state index contributed by atoms with van der Waals surface area (Å²) in [6, 6.07) is 0. The predicted molar refractivity (Wildman–Crippen MR) is 69.7 cm³/mol. The highest BCUT2D eigenvalue weighted by atomic mass is 14.8. The minimum absolute atomic E-state index is 0.588. The molecule has 1 heteroatoms. The van der Waals surface area contributed by atoms with E-state index in [4.69, 9.17) is 0 Å². The quantitative estimate of drug-likeness (QED) is 0.513. The molecule has 0 aromatic carbocycles. The van der Waals surface area contributed by atoms with Crippen LogP contribution in [0.4, 0.5) is 0 Å². The van der Waals surface area contributed by atoms with Gasteiger partial charge in [0.2, 0.25) is 0 Å². The normalized spacial score (nSPS) is 14.8. The van der Waals surface area contributed by atoms with Gasteiger partial charge in [0.25, 0.3) is 0 Å². The van der Waals surface area contributed by atoms with Crippen molar-refractivity contribution >= 4 is 0 Å². The van der Waals surface area contributed by atoms with Gasteiger partial charge in [-0.05, 0) is 39.0 Å².